The topological polar surface area (TPSA) is 84.0 Å². The molecule has 126 valence electrons. The third-order valence-corrected chi connectivity index (χ3v) is 5.13. The van der Waals surface area contributed by atoms with Crippen molar-refractivity contribution in [3.8, 4) is 10.6 Å². The second-order valence-corrected chi connectivity index (χ2v) is 7.06. The number of aromatic nitrogens is 2. The zero-order valence-electron chi connectivity index (χ0n) is 13.7. The normalized spacial score (nSPS) is 18.9. The molecule has 2 atom stereocenters. The van der Waals surface area contributed by atoms with Gasteiger partial charge in [-0.2, -0.15) is 0 Å². The highest BCUT2D eigenvalue weighted by Crippen LogP contribution is 2.37. The van der Waals surface area contributed by atoms with Gasteiger partial charge in [-0.25, -0.2) is 4.98 Å². The number of amides is 2. The lowest BCUT2D eigenvalue weighted by Crippen LogP contribution is -2.29. The Morgan fingerprint density at radius 1 is 1.38 bits per heavy atom. The molecule has 7 heteroatoms. The number of aryl methyl sites for hydroxylation is 1. The molecule has 0 saturated heterocycles. The summed E-state index contributed by atoms with van der Waals surface area (Å²) >= 11 is 1.40. The number of hydrogen-bond acceptors (Lipinski definition) is 5. The summed E-state index contributed by atoms with van der Waals surface area (Å²) in [6, 6.07) is 5.70. The lowest BCUT2D eigenvalue weighted by Gasteiger charge is -2.04. The molecule has 2 heterocycles. The predicted octanol–water partition coefficient (Wildman–Crippen LogP) is 2.61. The number of pyridine rings is 1. The van der Waals surface area contributed by atoms with E-state index in [9.17, 15) is 9.59 Å². The van der Waals surface area contributed by atoms with Gasteiger partial charge in [0.15, 0.2) is 5.13 Å². The third kappa shape index (κ3) is 3.97. The maximum Gasteiger partial charge on any atom is 0.227 e. The number of hydrogen-bond donors (Lipinski definition) is 2. The molecule has 0 radical (unpaired) electrons. The highest BCUT2D eigenvalue weighted by atomic mass is 32.1. The molecule has 0 aliphatic heterocycles. The van der Waals surface area contributed by atoms with Crippen molar-refractivity contribution in [3.63, 3.8) is 0 Å². The van der Waals surface area contributed by atoms with Crippen LogP contribution in [-0.4, -0.2) is 28.3 Å². The van der Waals surface area contributed by atoms with Gasteiger partial charge < -0.3 is 10.6 Å². The van der Waals surface area contributed by atoms with E-state index in [0.29, 0.717) is 17.6 Å². The molecule has 3 rings (SSSR count). The van der Waals surface area contributed by atoms with Gasteiger partial charge in [0.05, 0.1) is 16.3 Å². The zero-order valence-corrected chi connectivity index (χ0v) is 14.5. The number of rotatable bonds is 6. The smallest absolute Gasteiger partial charge is 0.227 e. The molecule has 0 spiro atoms. The Morgan fingerprint density at radius 3 is 2.83 bits per heavy atom. The van der Waals surface area contributed by atoms with Crippen LogP contribution in [0, 0.1) is 18.8 Å². The van der Waals surface area contributed by atoms with E-state index < -0.39 is 0 Å². The molecule has 2 aromatic rings. The number of thiazole rings is 1. The average Bonchev–Trinajstić information content (AvgIpc) is 3.19. The summed E-state index contributed by atoms with van der Waals surface area (Å²) in [6.45, 7) is 4.31. The molecular formula is C17H20N4O2S. The predicted molar refractivity (Wildman–Crippen MR) is 93.6 cm³/mol. The van der Waals surface area contributed by atoms with Gasteiger partial charge in [0.25, 0.3) is 0 Å². The quantitative estimate of drug-likeness (QED) is 0.844. The Morgan fingerprint density at radius 2 is 2.17 bits per heavy atom. The van der Waals surface area contributed by atoms with Gasteiger partial charge in [-0.05, 0) is 31.4 Å². The van der Waals surface area contributed by atoms with Crippen LogP contribution >= 0.6 is 11.3 Å². The molecule has 2 aromatic heterocycles. The minimum atomic E-state index is -0.152. The minimum Gasteiger partial charge on any atom is -0.355 e. The van der Waals surface area contributed by atoms with Gasteiger partial charge in [-0.1, -0.05) is 24.3 Å². The summed E-state index contributed by atoms with van der Waals surface area (Å²) in [7, 11) is 0. The van der Waals surface area contributed by atoms with Crippen molar-refractivity contribution in [3.05, 3.63) is 30.1 Å². The van der Waals surface area contributed by atoms with Gasteiger partial charge >= 0.3 is 0 Å². The van der Waals surface area contributed by atoms with E-state index in [0.717, 1.165) is 22.7 Å². The van der Waals surface area contributed by atoms with E-state index in [2.05, 4.69) is 27.5 Å². The van der Waals surface area contributed by atoms with Crippen LogP contribution in [-0.2, 0) is 9.59 Å². The van der Waals surface area contributed by atoms with Crippen molar-refractivity contribution in [2.24, 2.45) is 11.8 Å². The van der Waals surface area contributed by atoms with Crippen LogP contribution in [0.3, 0.4) is 0 Å². The van der Waals surface area contributed by atoms with Crippen molar-refractivity contribution < 1.29 is 9.59 Å². The summed E-state index contributed by atoms with van der Waals surface area (Å²) in [5.74, 6) is 0.510. The van der Waals surface area contributed by atoms with E-state index in [1.54, 1.807) is 6.20 Å². The molecular weight excluding hydrogens is 324 g/mol. The molecule has 2 N–H and O–H groups in total. The van der Waals surface area contributed by atoms with Crippen LogP contribution in [0.15, 0.2) is 24.4 Å². The number of nitrogens with zero attached hydrogens (tertiary/aromatic N) is 2. The van der Waals surface area contributed by atoms with E-state index in [1.807, 2.05) is 25.1 Å². The SMILES string of the molecule is Cc1nc(NC(=O)CCNC(=O)[C@H]2C[C@H]2C)sc1-c1ccccn1. The number of nitrogens with one attached hydrogen (secondary N) is 2. The molecule has 24 heavy (non-hydrogen) atoms. The highest BCUT2D eigenvalue weighted by Gasteiger charge is 2.38. The van der Waals surface area contributed by atoms with Crippen LogP contribution in [0.25, 0.3) is 10.6 Å². The van der Waals surface area contributed by atoms with Gasteiger partial charge in [0.2, 0.25) is 11.8 Å². The standard InChI is InChI=1S/C17H20N4O2S/c1-10-9-12(10)16(23)19-8-6-14(22)21-17-20-11(2)15(24-17)13-5-3-4-7-18-13/h3-5,7,10,12H,6,8-9H2,1-2H3,(H,19,23)(H,20,21,22)/t10-,12+/m1/s1. The molecule has 2 amide bonds. The van der Waals surface area contributed by atoms with Crippen LogP contribution in [0.5, 0.6) is 0 Å². The third-order valence-electron chi connectivity index (χ3n) is 4.04. The average molecular weight is 344 g/mol. The summed E-state index contributed by atoms with van der Waals surface area (Å²) < 4.78 is 0. The highest BCUT2D eigenvalue weighted by molar-refractivity contribution is 7.19. The maximum atomic E-state index is 12.0. The minimum absolute atomic E-state index is 0.0535. The van der Waals surface area contributed by atoms with E-state index in [4.69, 9.17) is 0 Å². The van der Waals surface area contributed by atoms with Crippen LogP contribution in [0.2, 0.25) is 0 Å². The summed E-state index contributed by atoms with van der Waals surface area (Å²) in [5.41, 5.74) is 1.68. The van der Waals surface area contributed by atoms with Crippen molar-refractivity contribution in [2.45, 2.75) is 26.7 Å². The molecule has 6 nitrogen and oxygen atoms in total. The fourth-order valence-corrected chi connectivity index (χ4v) is 3.44. The van der Waals surface area contributed by atoms with Gasteiger partial charge in [0, 0.05) is 25.1 Å². The fraction of sp³-hybridized carbons (Fsp3) is 0.412. The Balaban J connectivity index is 1.51. The zero-order chi connectivity index (χ0) is 17.1. The largest absolute Gasteiger partial charge is 0.355 e. The molecule has 1 aliphatic carbocycles. The molecule has 0 bridgehead atoms. The molecule has 1 saturated carbocycles. The fourth-order valence-electron chi connectivity index (χ4n) is 2.48. The van der Waals surface area contributed by atoms with Crippen molar-refractivity contribution in [1.82, 2.24) is 15.3 Å². The Bertz CT molecular complexity index is 744. The molecule has 1 aliphatic rings. The van der Waals surface area contributed by atoms with Gasteiger partial charge in [-0.15, -0.1) is 0 Å². The first-order chi connectivity index (χ1) is 11.5. The van der Waals surface area contributed by atoms with E-state index >= 15 is 0 Å². The van der Waals surface area contributed by atoms with Crippen LogP contribution in [0.4, 0.5) is 5.13 Å². The maximum absolute atomic E-state index is 12.0. The van der Waals surface area contributed by atoms with E-state index in [1.165, 1.54) is 11.3 Å². The van der Waals surface area contributed by atoms with Crippen molar-refractivity contribution >= 4 is 28.3 Å². The van der Waals surface area contributed by atoms with Crippen molar-refractivity contribution in [1.29, 1.82) is 0 Å². The first kappa shape index (κ1) is 16.6. The second kappa shape index (κ2) is 7.09. The van der Waals surface area contributed by atoms with Crippen molar-refractivity contribution in [2.75, 3.05) is 11.9 Å². The monoisotopic (exact) mass is 344 g/mol. The van der Waals surface area contributed by atoms with Crippen LogP contribution < -0.4 is 10.6 Å². The Hall–Kier alpha value is -2.28. The number of anilines is 1. The van der Waals surface area contributed by atoms with Gasteiger partial charge in [0.1, 0.15) is 0 Å². The summed E-state index contributed by atoms with van der Waals surface area (Å²) in [4.78, 5) is 33.3. The number of carbonyl (C=O) groups excluding carboxylic acids is 2. The molecule has 1 fully saturated rings. The Labute approximate surface area is 144 Å². The van der Waals surface area contributed by atoms with Crippen LogP contribution in [0.1, 0.15) is 25.5 Å². The molecule has 0 aromatic carbocycles. The van der Waals surface area contributed by atoms with Gasteiger partial charge in [-0.3, -0.25) is 14.6 Å². The lowest BCUT2D eigenvalue weighted by atomic mass is 10.3. The Kier molecular flexibility index (Phi) is 4.89. The first-order valence-electron chi connectivity index (χ1n) is 8.01. The lowest BCUT2D eigenvalue weighted by molar-refractivity contribution is -0.122. The summed E-state index contributed by atoms with van der Waals surface area (Å²) in [5, 5.41) is 6.15. The number of carbonyl (C=O) groups is 2. The summed E-state index contributed by atoms with van der Waals surface area (Å²) in [6.07, 6.45) is 2.92. The molecule has 0 unspecified atom stereocenters. The second-order valence-electron chi connectivity index (χ2n) is 6.06. The first-order valence-corrected chi connectivity index (χ1v) is 8.82. The van der Waals surface area contributed by atoms with E-state index in [-0.39, 0.29) is 24.2 Å².